The number of hydrogen-bond donors (Lipinski definition) is 0. The third-order valence-corrected chi connectivity index (χ3v) is 5.51. The standard InChI is InChI=1S/C6H18OSi2.I2/c1-8(2,3)7-9(4,5)6;1-2/h1-6H3;. The smallest absolute Gasteiger partial charge is 0.170 e. The zero-order chi connectivity index (χ0) is 9.71. The van der Waals surface area contributed by atoms with Gasteiger partial charge >= 0.3 is 0 Å². The van der Waals surface area contributed by atoms with Crippen LogP contribution in [0.15, 0.2) is 0 Å². The summed E-state index contributed by atoms with van der Waals surface area (Å²) in [5.41, 5.74) is 0. The molecule has 0 saturated heterocycles. The summed E-state index contributed by atoms with van der Waals surface area (Å²) in [5, 5.41) is 0. The van der Waals surface area contributed by atoms with Gasteiger partial charge in [0.25, 0.3) is 0 Å². The highest BCUT2D eigenvalue weighted by Gasteiger charge is 2.24. The Morgan fingerprint density at radius 2 is 0.909 bits per heavy atom. The Morgan fingerprint density at radius 1 is 0.727 bits per heavy atom. The molecule has 0 amide bonds. The summed E-state index contributed by atoms with van der Waals surface area (Å²) < 4.78 is 5.90. The van der Waals surface area contributed by atoms with Crippen LogP contribution in [0.3, 0.4) is 0 Å². The molecule has 0 aliphatic rings. The van der Waals surface area contributed by atoms with Gasteiger partial charge < -0.3 is 4.12 Å². The zero-order valence-corrected chi connectivity index (χ0v) is 14.5. The molecule has 0 aliphatic heterocycles. The molecular formula is C6H18I2OSi2. The van der Waals surface area contributed by atoms with E-state index in [0.29, 0.717) is 0 Å². The first-order chi connectivity index (χ1) is 4.71. The summed E-state index contributed by atoms with van der Waals surface area (Å²) in [6.45, 7) is 13.4. The Kier molecular flexibility index (Phi) is 8.82. The minimum Gasteiger partial charge on any atom is -0.456 e. The SMILES string of the molecule is C[Si](C)(C)O[Si](C)(C)C.II. The van der Waals surface area contributed by atoms with E-state index in [-0.39, 0.29) is 0 Å². The van der Waals surface area contributed by atoms with E-state index < -0.39 is 16.6 Å². The molecule has 0 bridgehead atoms. The van der Waals surface area contributed by atoms with E-state index in [2.05, 4.69) is 76.5 Å². The van der Waals surface area contributed by atoms with E-state index in [4.69, 9.17) is 4.12 Å². The van der Waals surface area contributed by atoms with Crippen LogP contribution in [-0.4, -0.2) is 16.6 Å². The van der Waals surface area contributed by atoms with Gasteiger partial charge in [0.1, 0.15) is 0 Å². The molecule has 0 atom stereocenters. The van der Waals surface area contributed by atoms with Crippen molar-refractivity contribution in [2.24, 2.45) is 0 Å². The highest BCUT2D eigenvalue weighted by atomic mass is 128. The van der Waals surface area contributed by atoms with E-state index in [0.717, 1.165) is 0 Å². The minimum atomic E-state index is -1.23. The van der Waals surface area contributed by atoms with Crippen LogP contribution in [0.2, 0.25) is 39.3 Å². The molecule has 0 aliphatic carbocycles. The van der Waals surface area contributed by atoms with Crippen molar-refractivity contribution in [2.45, 2.75) is 39.3 Å². The van der Waals surface area contributed by atoms with Gasteiger partial charge in [0.05, 0.1) is 0 Å². The number of halogens is 2. The topological polar surface area (TPSA) is 9.23 Å². The fraction of sp³-hybridized carbons (Fsp3) is 1.00. The van der Waals surface area contributed by atoms with Crippen molar-refractivity contribution in [1.29, 1.82) is 0 Å². The lowest BCUT2D eigenvalue weighted by Crippen LogP contribution is -2.39. The highest BCUT2D eigenvalue weighted by molar-refractivity contribution is 15.0. The van der Waals surface area contributed by atoms with Crippen LogP contribution in [0, 0.1) is 0 Å². The molecule has 0 heterocycles. The maximum Gasteiger partial charge on any atom is 0.170 e. The van der Waals surface area contributed by atoms with Gasteiger partial charge in [0.2, 0.25) is 0 Å². The van der Waals surface area contributed by atoms with Crippen molar-refractivity contribution in [3.63, 3.8) is 0 Å². The van der Waals surface area contributed by atoms with Gasteiger partial charge in [-0.05, 0) is 39.3 Å². The summed E-state index contributed by atoms with van der Waals surface area (Å²) in [4.78, 5) is 0. The first-order valence-electron chi connectivity index (χ1n) is 3.55. The van der Waals surface area contributed by atoms with Crippen LogP contribution >= 0.6 is 37.2 Å². The lowest BCUT2D eigenvalue weighted by molar-refractivity contribution is 0.559. The molecule has 5 heteroatoms. The van der Waals surface area contributed by atoms with Gasteiger partial charge in [-0.15, -0.1) is 0 Å². The molecule has 11 heavy (non-hydrogen) atoms. The van der Waals surface area contributed by atoms with Crippen molar-refractivity contribution in [3.8, 4) is 0 Å². The second kappa shape index (κ2) is 6.33. The highest BCUT2D eigenvalue weighted by Crippen LogP contribution is 2.12. The average Bonchev–Trinajstić information content (AvgIpc) is 1.60. The Bertz CT molecular complexity index is 83.7. The maximum atomic E-state index is 5.90. The second-order valence-electron chi connectivity index (χ2n) is 4.33. The fourth-order valence-electron chi connectivity index (χ4n) is 0.919. The first-order valence-corrected chi connectivity index (χ1v) is 16.7. The van der Waals surface area contributed by atoms with Gasteiger partial charge in [-0.25, -0.2) is 0 Å². The van der Waals surface area contributed by atoms with Crippen molar-refractivity contribution < 1.29 is 4.12 Å². The van der Waals surface area contributed by atoms with Crippen molar-refractivity contribution >= 4 is 53.9 Å². The van der Waals surface area contributed by atoms with Crippen molar-refractivity contribution in [2.75, 3.05) is 0 Å². The second-order valence-corrected chi connectivity index (χ2v) is 13.6. The van der Waals surface area contributed by atoms with E-state index >= 15 is 0 Å². The average molecular weight is 416 g/mol. The maximum absolute atomic E-state index is 5.90. The van der Waals surface area contributed by atoms with E-state index in [1.165, 1.54) is 0 Å². The summed E-state index contributed by atoms with van der Waals surface area (Å²) in [5.74, 6) is 0. The predicted molar refractivity (Wildman–Crippen MR) is 75.8 cm³/mol. The molecule has 0 N–H and O–H groups in total. The molecule has 0 saturated carbocycles. The molecule has 0 aromatic carbocycles. The fourth-order valence-corrected chi connectivity index (χ4v) is 8.27. The summed E-state index contributed by atoms with van der Waals surface area (Å²) >= 11 is 4.24. The van der Waals surface area contributed by atoms with Crippen LogP contribution in [0.25, 0.3) is 0 Å². The Morgan fingerprint density at radius 3 is 0.909 bits per heavy atom. The number of hydrogen-bond acceptors (Lipinski definition) is 1. The monoisotopic (exact) mass is 416 g/mol. The van der Waals surface area contributed by atoms with Crippen LogP contribution in [0.1, 0.15) is 0 Å². The molecule has 70 valence electrons. The first kappa shape index (κ1) is 15.3. The zero-order valence-electron chi connectivity index (χ0n) is 8.16. The van der Waals surface area contributed by atoms with E-state index in [9.17, 15) is 0 Å². The summed E-state index contributed by atoms with van der Waals surface area (Å²) in [6, 6.07) is 0. The van der Waals surface area contributed by atoms with Crippen molar-refractivity contribution in [1.82, 2.24) is 0 Å². The molecule has 0 rings (SSSR count). The molecule has 0 fully saturated rings. The molecular weight excluding hydrogens is 398 g/mol. The van der Waals surface area contributed by atoms with Gasteiger partial charge in [-0.2, -0.15) is 0 Å². The van der Waals surface area contributed by atoms with Gasteiger partial charge in [-0.1, -0.05) is 0 Å². The van der Waals surface area contributed by atoms with Crippen LogP contribution in [-0.2, 0) is 4.12 Å². The van der Waals surface area contributed by atoms with Gasteiger partial charge in [0.15, 0.2) is 16.6 Å². The summed E-state index contributed by atoms with van der Waals surface area (Å²) in [6.07, 6.45) is 0. The quantitative estimate of drug-likeness (QED) is 0.478. The lowest BCUT2D eigenvalue weighted by Gasteiger charge is -2.27. The predicted octanol–water partition coefficient (Wildman–Crippen LogP) is 4.44. The van der Waals surface area contributed by atoms with Crippen LogP contribution < -0.4 is 0 Å². The van der Waals surface area contributed by atoms with Crippen molar-refractivity contribution in [3.05, 3.63) is 0 Å². The third-order valence-electron chi connectivity index (χ3n) is 0.612. The molecule has 0 aromatic rings. The molecule has 0 radical (unpaired) electrons. The van der Waals surface area contributed by atoms with E-state index in [1.807, 2.05) is 0 Å². The van der Waals surface area contributed by atoms with E-state index in [1.54, 1.807) is 0 Å². The third kappa shape index (κ3) is 18.7. The Balaban J connectivity index is 0. The summed E-state index contributed by atoms with van der Waals surface area (Å²) in [7, 11) is -2.46. The largest absolute Gasteiger partial charge is 0.456 e. The molecule has 0 spiro atoms. The van der Waals surface area contributed by atoms with Crippen LogP contribution in [0.4, 0.5) is 0 Å². The molecule has 1 nitrogen and oxygen atoms in total. The lowest BCUT2D eigenvalue weighted by atomic mass is 11.8. The molecule has 0 aromatic heterocycles. The number of rotatable bonds is 2. The Hall–Kier alpha value is 1.85. The minimum absolute atomic E-state index is 1.23. The van der Waals surface area contributed by atoms with Crippen LogP contribution in [0.5, 0.6) is 0 Å². The van der Waals surface area contributed by atoms with Gasteiger partial charge in [0, 0.05) is 37.2 Å². The van der Waals surface area contributed by atoms with Gasteiger partial charge in [-0.3, -0.25) is 0 Å². The molecule has 0 unspecified atom stereocenters. The Labute approximate surface area is 96.3 Å². The normalized spacial score (nSPS) is 12.0.